The van der Waals surface area contributed by atoms with Gasteiger partial charge in [0, 0.05) is 6.54 Å². The van der Waals surface area contributed by atoms with Gasteiger partial charge in [-0.05, 0) is 38.1 Å². The summed E-state index contributed by atoms with van der Waals surface area (Å²) >= 11 is 0. The number of halogens is 1. The highest BCUT2D eigenvalue weighted by Gasteiger charge is 2.22. The summed E-state index contributed by atoms with van der Waals surface area (Å²) in [4.78, 5) is 11.9. The average molecular weight is 275 g/mol. The fraction of sp³-hybridized carbons (Fsp3) is 0.929. The summed E-state index contributed by atoms with van der Waals surface area (Å²) in [7, 11) is 0. The van der Waals surface area contributed by atoms with Crippen molar-refractivity contribution in [2.75, 3.05) is 13.1 Å². The standard InChI is InChI=1S/C14H26N2O.ClH/c17-14(13-9-6-10-15-13)16-11-12-7-4-2-1-3-5-8-12;/h12-13,15H,1-11H2,(H,16,17);1H. The van der Waals surface area contributed by atoms with Gasteiger partial charge in [0.2, 0.25) is 5.91 Å². The van der Waals surface area contributed by atoms with E-state index in [1.807, 2.05) is 0 Å². The third kappa shape index (κ3) is 5.15. The Bertz CT molecular complexity index is 234. The van der Waals surface area contributed by atoms with E-state index in [1.54, 1.807) is 0 Å². The zero-order valence-corrected chi connectivity index (χ0v) is 12.1. The van der Waals surface area contributed by atoms with Gasteiger partial charge < -0.3 is 10.6 Å². The highest BCUT2D eigenvalue weighted by molar-refractivity contribution is 5.85. The molecule has 0 aromatic heterocycles. The quantitative estimate of drug-likeness (QED) is 0.831. The molecule has 2 rings (SSSR count). The minimum absolute atomic E-state index is 0. The van der Waals surface area contributed by atoms with Crippen LogP contribution in [0.3, 0.4) is 0 Å². The topological polar surface area (TPSA) is 41.1 Å². The summed E-state index contributed by atoms with van der Waals surface area (Å²) in [5, 5.41) is 6.40. The summed E-state index contributed by atoms with van der Waals surface area (Å²) < 4.78 is 0. The summed E-state index contributed by atoms with van der Waals surface area (Å²) in [5.41, 5.74) is 0. The maximum atomic E-state index is 11.9. The Morgan fingerprint density at radius 2 is 1.67 bits per heavy atom. The van der Waals surface area contributed by atoms with Crippen molar-refractivity contribution in [1.82, 2.24) is 10.6 Å². The van der Waals surface area contributed by atoms with Crippen molar-refractivity contribution in [3.63, 3.8) is 0 Å². The Hall–Kier alpha value is -0.280. The monoisotopic (exact) mass is 274 g/mol. The molecular formula is C14H27ClN2O. The minimum Gasteiger partial charge on any atom is -0.354 e. The second-order valence-electron chi connectivity index (χ2n) is 5.61. The van der Waals surface area contributed by atoms with E-state index in [9.17, 15) is 4.79 Å². The zero-order chi connectivity index (χ0) is 11.9. The Balaban J connectivity index is 0.00000162. The third-order valence-corrected chi connectivity index (χ3v) is 4.17. The van der Waals surface area contributed by atoms with Crippen LogP contribution in [0.15, 0.2) is 0 Å². The Morgan fingerprint density at radius 3 is 2.28 bits per heavy atom. The van der Waals surface area contributed by atoms with E-state index < -0.39 is 0 Å². The number of amides is 1. The van der Waals surface area contributed by atoms with Crippen molar-refractivity contribution >= 4 is 18.3 Å². The van der Waals surface area contributed by atoms with Crippen molar-refractivity contribution in [2.24, 2.45) is 5.92 Å². The zero-order valence-electron chi connectivity index (χ0n) is 11.2. The van der Waals surface area contributed by atoms with E-state index in [1.165, 1.54) is 44.9 Å². The van der Waals surface area contributed by atoms with Crippen LogP contribution in [0.5, 0.6) is 0 Å². The Morgan fingerprint density at radius 1 is 1.00 bits per heavy atom. The smallest absolute Gasteiger partial charge is 0.237 e. The largest absolute Gasteiger partial charge is 0.354 e. The molecule has 0 aromatic rings. The molecule has 1 heterocycles. The van der Waals surface area contributed by atoms with Crippen LogP contribution in [-0.4, -0.2) is 25.0 Å². The van der Waals surface area contributed by atoms with E-state index in [-0.39, 0.29) is 24.4 Å². The first-order chi connectivity index (χ1) is 8.36. The lowest BCUT2D eigenvalue weighted by Crippen LogP contribution is -2.42. The molecule has 0 spiro atoms. The number of carbonyl (C=O) groups excluding carboxylic acids is 1. The van der Waals surface area contributed by atoms with Crippen LogP contribution >= 0.6 is 12.4 Å². The second-order valence-corrected chi connectivity index (χ2v) is 5.61. The summed E-state index contributed by atoms with van der Waals surface area (Å²) in [6, 6.07) is 0.0866. The molecule has 1 aliphatic carbocycles. The first-order valence-electron chi connectivity index (χ1n) is 7.37. The molecule has 0 bridgehead atoms. The van der Waals surface area contributed by atoms with Gasteiger partial charge in [-0.3, -0.25) is 4.79 Å². The fourth-order valence-corrected chi connectivity index (χ4v) is 3.02. The molecule has 1 atom stereocenters. The molecule has 0 aromatic carbocycles. The lowest BCUT2D eigenvalue weighted by molar-refractivity contribution is -0.123. The summed E-state index contributed by atoms with van der Waals surface area (Å²) in [5.74, 6) is 0.949. The van der Waals surface area contributed by atoms with E-state index in [2.05, 4.69) is 10.6 Å². The van der Waals surface area contributed by atoms with Gasteiger partial charge in [0.15, 0.2) is 0 Å². The molecule has 3 nitrogen and oxygen atoms in total. The fourth-order valence-electron chi connectivity index (χ4n) is 3.02. The van der Waals surface area contributed by atoms with Crippen LogP contribution < -0.4 is 10.6 Å². The van der Waals surface area contributed by atoms with Gasteiger partial charge >= 0.3 is 0 Å². The molecule has 2 aliphatic rings. The second kappa shape index (κ2) is 8.76. The highest BCUT2D eigenvalue weighted by Crippen LogP contribution is 2.21. The average Bonchev–Trinajstić information content (AvgIpc) is 2.80. The molecule has 2 fully saturated rings. The van der Waals surface area contributed by atoms with Crippen LogP contribution in [0.1, 0.15) is 57.8 Å². The van der Waals surface area contributed by atoms with Gasteiger partial charge in [0.25, 0.3) is 0 Å². The van der Waals surface area contributed by atoms with E-state index in [0.29, 0.717) is 0 Å². The Kier molecular flexibility index (Phi) is 7.68. The van der Waals surface area contributed by atoms with E-state index >= 15 is 0 Å². The molecule has 2 N–H and O–H groups in total. The van der Waals surface area contributed by atoms with E-state index in [0.717, 1.165) is 31.8 Å². The van der Waals surface area contributed by atoms with Crippen molar-refractivity contribution in [3.05, 3.63) is 0 Å². The van der Waals surface area contributed by atoms with Gasteiger partial charge in [-0.2, -0.15) is 0 Å². The molecule has 4 heteroatoms. The Labute approximate surface area is 117 Å². The lowest BCUT2D eigenvalue weighted by atomic mass is 9.91. The number of nitrogens with one attached hydrogen (secondary N) is 2. The van der Waals surface area contributed by atoms with Crippen molar-refractivity contribution in [2.45, 2.75) is 63.8 Å². The summed E-state index contributed by atoms with van der Waals surface area (Å²) in [6.45, 7) is 1.90. The van der Waals surface area contributed by atoms with Crippen molar-refractivity contribution in [1.29, 1.82) is 0 Å². The SMILES string of the molecule is Cl.O=C(NCC1CCCCCCC1)C1CCCN1. The third-order valence-electron chi connectivity index (χ3n) is 4.17. The molecular weight excluding hydrogens is 248 g/mol. The normalized spacial score (nSPS) is 25.9. The van der Waals surface area contributed by atoms with Crippen molar-refractivity contribution < 1.29 is 4.79 Å². The molecule has 1 saturated heterocycles. The molecule has 1 saturated carbocycles. The molecule has 0 radical (unpaired) electrons. The van der Waals surface area contributed by atoms with Crippen LogP contribution in [0.4, 0.5) is 0 Å². The van der Waals surface area contributed by atoms with Gasteiger partial charge in [-0.15, -0.1) is 12.4 Å². The highest BCUT2D eigenvalue weighted by atomic mass is 35.5. The number of hydrogen-bond acceptors (Lipinski definition) is 2. The lowest BCUT2D eigenvalue weighted by Gasteiger charge is -2.21. The van der Waals surface area contributed by atoms with Gasteiger partial charge in [0.1, 0.15) is 0 Å². The summed E-state index contributed by atoms with van der Waals surface area (Å²) in [6.07, 6.45) is 11.6. The number of rotatable bonds is 3. The first kappa shape index (κ1) is 15.8. The number of hydrogen-bond donors (Lipinski definition) is 2. The van der Waals surface area contributed by atoms with Gasteiger partial charge in [-0.25, -0.2) is 0 Å². The van der Waals surface area contributed by atoms with E-state index in [4.69, 9.17) is 0 Å². The molecule has 1 unspecified atom stereocenters. The first-order valence-corrected chi connectivity index (χ1v) is 7.37. The number of carbonyl (C=O) groups is 1. The molecule has 1 aliphatic heterocycles. The maximum Gasteiger partial charge on any atom is 0.237 e. The molecule has 18 heavy (non-hydrogen) atoms. The molecule has 106 valence electrons. The predicted octanol–water partition coefficient (Wildman–Crippen LogP) is 2.64. The van der Waals surface area contributed by atoms with Crippen LogP contribution in [0.25, 0.3) is 0 Å². The maximum absolute atomic E-state index is 11.9. The van der Waals surface area contributed by atoms with Gasteiger partial charge in [0.05, 0.1) is 6.04 Å². The van der Waals surface area contributed by atoms with Crippen LogP contribution in [0.2, 0.25) is 0 Å². The minimum atomic E-state index is 0. The molecule has 1 amide bonds. The van der Waals surface area contributed by atoms with Crippen LogP contribution in [-0.2, 0) is 4.79 Å². The van der Waals surface area contributed by atoms with Gasteiger partial charge in [-0.1, -0.05) is 32.1 Å². The predicted molar refractivity (Wildman–Crippen MR) is 77.1 cm³/mol. The van der Waals surface area contributed by atoms with Crippen molar-refractivity contribution in [3.8, 4) is 0 Å². The van der Waals surface area contributed by atoms with Crippen LogP contribution in [0, 0.1) is 5.92 Å².